The molecule has 152 valence electrons. The van der Waals surface area contributed by atoms with Crippen LogP contribution in [0.1, 0.15) is 11.1 Å². The van der Waals surface area contributed by atoms with Gasteiger partial charge in [0.25, 0.3) is 5.69 Å². The molecule has 1 N–H and O–H groups in total. The number of aliphatic imine (C=N–C) groups is 1. The summed E-state index contributed by atoms with van der Waals surface area (Å²) < 4.78 is 10.7. The zero-order valence-corrected chi connectivity index (χ0v) is 18.7. The standard InChI is InChI=1S/C19H24N4O4.HI/c1-20-19(21-12-14-7-5-6-8-17(14)23(24)25)22(2)13-15-9-10-16(26-3)11-18(15)27-4;/h5-11H,12-13H2,1-4H3,(H,20,21);1H. The molecule has 0 amide bonds. The number of hydrogen-bond acceptors (Lipinski definition) is 5. The molecule has 0 heterocycles. The molecule has 0 saturated carbocycles. The van der Waals surface area contributed by atoms with Crippen molar-refractivity contribution in [3.05, 3.63) is 63.7 Å². The number of benzene rings is 2. The first kappa shape index (κ1) is 23.5. The van der Waals surface area contributed by atoms with Gasteiger partial charge >= 0.3 is 0 Å². The second-order valence-electron chi connectivity index (χ2n) is 5.82. The number of halogens is 1. The van der Waals surface area contributed by atoms with Crippen LogP contribution in [0.3, 0.4) is 0 Å². The molecule has 0 radical (unpaired) electrons. The van der Waals surface area contributed by atoms with E-state index in [4.69, 9.17) is 9.47 Å². The van der Waals surface area contributed by atoms with Crippen molar-refractivity contribution in [3.8, 4) is 11.5 Å². The SMILES string of the molecule is CN=C(NCc1ccccc1[N+](=O)[O-])N(C)Cc1ccc(OC)cc1OC.I. The number of guanidine groups is 1. The third-order valence-corrected chi connectivity index (χ3v) is 4.10. The van der Waals surface area contributed by atoms with Crippen LogP contribution >= 0.6 is 24.0 Å². The number of nitrogens with zero attached hydrogens (tertiary/aromatic N) is 3. The normalized spacial score (nSPS) is 10.6. The molecular weight excluding hydrogens is 475 g/mol. The Morgan fingerprint density at radius 1 is 1.18 bits per heavy atom. The third-order valence-electron chi connectivity index (χ3n) is 4.10. The van der Waals surface area contributed by atoms with Crippen LogP contribution in [0.4, 0.5) is 5.69 Å². The van der Waals surface area contributed by atoms with Crippen molar-refractivity contribution in [1.29, 1.82) is 0 Å². The van der Waals surface area contributed by atoms with E-state index in [9.17, 15) is 10.1 Å². The van der Waals surface area contributed by atoms with Gasteiger partial charge in [-0.2, -0.15) is 0 Å². The Morgan fingerprint density at radius 2 is 1.89 bits per heavy atom. The fourth-order valence-electron chi connectivity index (χ4n) is 2.71. The summed E-state index contributed by atoms with van der Waals surface area (Å²) in [6.07, 6.45) is 0. The Kier molecular flexibility index (Phi) is 9.49. The Bertz CT molecular complexity index is 829. The van der Waals surface area contributed by atoms with Crippen LogP contribution in [0.15, 0.2) is 47.5 Å². The average Bonchev–Trinajstić information content (AvgIpc) is 2.68. The molecule has 8 nitrogen and oxygen atoms in total. The van der Waals surface area contributed by atoms with Gasteiger partial charge in [-0.05, 0) is 12.1 Å². The maximum atomic E-state index is 11.1. The number of hydrogen-bond donors (Lipinski definition) is 1. The molecule has 0 atom stereocenters. The van der Waals surface area contributed by atoms with Gasteiger partial charge in [0.05, 0.1) is 19.1 Å². The Hall–Kier alpha value is -2.56. The van der Waals surface area contributed by atoms with Crippen LogP contribution in [0.25, 0.3) is 0 Å². The van der Waals surface area contributed by atoms with Gasteiger partial charge in [0.2, 0.25) is 0 Å². The van der Waals surface area contributed by atoms with Gasteiger partial charge in [0, 0.05) is 50.4 Å². The maximum absolute atomic E-state index is 11.1. The fourth-order valence-corrected chi connectivity index (χ4v) is 2.71. The number of nitrogens with one attached hydrogen (secondary N) is 1. The highest BCUT2D eigenvalue weighted by Gasteiger charge is 2.15. The van der Waals surface area contributed by atoms with Crippen LogP contribution in [-0.2, 0) is 13.1 Å². The summed E-state index contributed by atoms with van der Waals surface area (Å²) in [6.45, 7) is 0.845. The van der Waals surface area contributed by atoms with Crippen LogP contribution in [-0.4, -0.2) is 44.1 Å². The van der Waals surface area contributed by atoms with Crippen molar-refractivity contribution >= 4 is 35.6 Å². The molecule has 0 fully saturated rings. The van der Waals surface area contributed by atoms with Crippen molar-refractivity contribution < 1.29 is 14.4 Å². The zero-order valence-electron chi connectivity index (χ0n) is 16.3. The molecule has 0 aliphatic carbocycles. The van der Waals surface area contributed by atoms with Gasteiger partial charge in [0.15, 0.2) is 5.96 Å². The van der Waals surface area contributed by atoms with E-state index in [1.54, 1.807) is 39.5 Å². The van der Waals surface area contributed by atoms with Gasteiger partial charge in [-0.15, -0.1) is 24.0 Å². The molecule has 0 aliphatic rings. The largest absolute Gasteiger partial charge is 0.497 e. The van der Waals surface area contributed by atoms with Crippen molar-refractivity contribution in [2.75, 3.05) is 28.3 Å². The Morgan fingerprint density at radius 3 is 2.50 bits per heavy atom. The van der Waals surface area contributed by atoms with E-state index in [-0.39, 0.29) is 34.6 Å². The summed E-state index contributed by atoms with van der Waals surface area (Å²) in [7, 11) is 6.77. The van der Waals surface area contributed by atoms with Crippen LogP contribution in [0, 0.1) is 10.1 Å². The lowest BCUT2D eigenvalue weighted by Crippen LogP contribution is -2.38. The smallest absolute Gasteiger partial charge is 0.274 e. The van der Waals surface area contributed by atoms with E-state index in [2.05, 4.69) is 10.3 Å². The minimum atomic E-state index is -0.383. The highest BCUT2D eigenvalue weighted by Crippen LogP contribution is 2.25. The van der Waals surface area contributed by atoms with Crippen molar-refractivity contribution in [2.45, 2.75) is 13.1 Å². The molecule has 0 unspecified atom stereocenters. The quantitative estimate of drug-likeness (QED) is 0.206. The molecule has 9 heteroatoms. The van der Waals surface area contributed by atoms with Gasteiger partial charge in [0.1, 0.15) is 11.5 Å². The number of rotatable bonds is 7. The second kappa shape index (κ2) is 11.3. The first-order valence-corrected chi connectivity index (χ1v) is 8.35. The molecule has 0 saturated heterocycles. The van der Waals surface area contributed by atoms with Gasteiger partial charge in [-0.3, -0.25) is 15.1 Å². The van der Waals surface area contributed by atoms with Crippen LogP contribution in [0.2, 0.25) is 0 Å². The van der Waals surface area contributed by atoms with E-state index >= 15 is 0 Å². The number of ether oxygens (including phenoxy) is 2. The summed E-state index contributed by atoms with van der Waals surface area (Å²) in [5.41, 5.74) is 1.65. The lowest BCUT2D eigenvalue weighted by Gasteiger charge is -2.23. The number of nitro benzene ring substituents is 1. The molecule has 28 heavy (non-hydrogen) atoms. The van der Waals surface area contributed by atoms with Crippen molar-refractivity contribution in [2.24, 2.45) is 4.99 Å². The van der Waals surface area contributed by atoms with Crippen LogP contribution in [0.5, 0.6) is 11.5 Å². The molecule has 0 spiro atoms. The number of nitro groups is 1. The summed E-state index contributed by atoms with van der Waals surface area (Å²) in [5.74, 6) is 2.05. The van der Waals surface area contributed by atoms with Gasteiger partial charge in [-0.1, -0.05) is 18.2 Å². The first-order chi connectivity index (χ1) is 13.0. The zero-order chi connectivity index (χ0) is 19.8. The van der Waals surface area contributed by atoms with Gasteiger partial charge < -0.3 is 19.7 Å². The third kappa shape index (κ3) is 5.98. The number of para-hydroxylation sites is 1. The Labute approximate surface area is 181 Å². The van der Waals surface area contributed by atoms with Crippen LogP contribution < -0.4 is 14.8 Å². The molecule has 2 rings (SSSR count). The second-order valence-corrected chi connectivity index (χ2v) is 5.82. The number of methoxy groups -OCH3 is 2. The summed E-state index contributed by atoms with van der Waals surface area (Å²) in [5, 5.41) is 14.3. The van der Waals surface area contributed by atoms with E-state index in [1.807, 2.05) is 30.1 Å². The summed E-state index contributed by atoms with van der Waals surface area (Å²) in [4.78, 5) is 16.9. The topological polar surface area (TPSA) is 89.2 Å². The highest BCUT2D eigenvalue weighted by atomic mass is 127. The van der Waals surface area contributed by atoms with E-state index < -0.39 is 0 Å². The molecule has 0 aromatic heterocycles. The van der Waals surface area contributed by atoms with Crippen molar-refractivity contribution in [3.63, 3.8) is 0 Å². The highest BCUT2D eigenvalue weighted by molar-refractivity contribution is 14.0. The van der Waals surface area contributed by atoms with Crippen molar-refractivity contribution in [1.82, 2.24) is 10.2 Å². The maximum Gasteiger partial charge on any atom is 0.274 e. The first-order valence-electron chi connectivity index (χ1n) is 8.35. The summed E-state index contributed by atoms with van der Waals surface area (Å²) in [6, 6.07) is 12.3. The molecule has 2 aromatic rings. The predicted molar refractivity (Wildman–Crippen MR) is 120 cm³/mol. The molecule has 0 bridgehead atoms. The molecule has 2 aromatic carbocycles. The molecular formula is C19H25IN4O4. The monoisotopic (exact) mass is 500 g/mol. The fraction of sp³-hybridized carbons (Fsp3) is 0.316. The van der Waals surface area contributed by atoms with E-state index in [0.29, 0.717) is 24.6 Å². The van der Waals surface area contributed by atoms with E-state index in [0.717, 1.165) is 17.1 Å². The Balaban J connectivity index is 0.00000392. The lowest BCUT2D eigenvalue weighted by molar-refractivity contribution is -0.385. The molecule has 0 aliphatic heterocycles. The van der Waals surface area contributed by atoms with Gasteiger partial charge in [-0.25, -0.2) is 0 Å². The van der Waals surface area contributed by atoms with E-state index in [1.165, 1.54) is 6.07 Å². The lowest BCUT2D eigenvalue weighted by atomic mass is 10.1. The summed E-state index contributed by atoms with van der Waals surface area (Å²) >= 11 is 0. The minimum absolute atomic E-state index is 0. The minimum Gasteiger partial charge on any atom is -0.497 e. The average molecular weight is 500 g/mol. The predicted octanol–water partition coefficient (Wildman–Crippen LogP) is 3.44.